The zero-order valence-electron chi connectivity index (χ0n) is 6.92. The Kier molecular flexibility index (Phi) is 1.95. The second-order valence-electron chi connectivity index (χ2n) is 2.63. The Morgan fingerprint density at radius 1 is 1.54 bits per heavy atom. The van der Waals surface area contributed by atoms with E-state index in [9.17, 15) is 0 Å². The molecule has 0 unspecified atom stereocenters. The molecule has 6 heteroatoms. The Morgan fingerprint density at radius 3 is 3.08 bits per heavy atom. The Morgan fingerprint density at radius 2 is 2.46 bits per heavy atom. The van der Waals surface area contributed by atoms with Gasteiger partial charge in [-0.05, 0) is 0 Å². The number of anilines is 1. The summed E-state index contributed by atoms with van der Waals surface area (Å²) in [7, 11) is 0. The smallest absolute Gasteiger partial charge is 0.222 e. The fourth-order valence-corrected chi connectivity index (χ4v) is 1.02. The number of rotatable bonds is 3. The van der Waals surface area contributed by atoms with Crippen molar-refractivity contribution in [3.05, 3.63) is 24.4 Å². The summed E-state index contributed by atoms with van der Waals surface area (Å²) in [6.07, 6.45) is 3.89. The van der Waals surface area contributed by atoms with Crippen molar-refractivity contribution in [2.75, 3.05) is 5.73 Å². The summed E-state index contributed by atoms with van der Waals surface area (Å²) in [5.74, 6) is 0.341. The van der Waals surface area contributed by atoms with Gasteiger partial charge in [-0.25, -0.2) is 4.98 Å². The molecule has 0 aliphatic carbocycles. The molecule has 2 aromatic rings. The molecule has 0 saturated heterocycles. The van der Waals surface area contributed by atoms with Gasteiger partial charge in [-0.15, -0.1) is 0 Å². The first-order valence-corrected chi connectivity index (χ1v) is 3.88. The first-order chi connectivity index (χ1) is 6.34. The molecule has 0 radical (unpaired) electrons. The van der Waals surface area contributed by atoms with Crippen LogP contribution in [-0.4, -0.2) is 19.9 Å². The summed E-state index contributed by atoms with van der Waals surface area (Å²) in [5, 5.41) is 7.71. The molecule has 0 bridgehead atoms. The molecule has 2 heterocycles. The zero-order valence-corrected chi connectivity index (χ0v) is 6.92. The summed E-state index contributed by atoms with van der Waals surface area (Å²) in [5.41, 5.74) is 6.19. The maximum atomic E-state index is 5.36. The summed E-state index contributed by atoms with van der Waals surface area (Å²) >= 11 is 0. The Hall–Kier alpha value is -1.85. The summed E-state index contributed by atoms with van der Waals surface area (Å²) in [6, 6.07) is 1.71. The number of aryl methyl sites for hydroxylation is 2. The van der Waals surface area contributed by atoms with Gasteiger partial charge in [0.25, 0.3) is 0 Å². The lowest BCUT2D eigenvalue weighted by Gasteiger charge is -1.95. The van der Waals surface area contributed by atoms with Crippen LogP contribution in [0.15, 0.2) is 23.2 Å². The molecule has 0 aromatic carbocycles. The summed E-state index contributed by atoms with van der Waals surface area (Å²) < 4.78 is 6.44. The van der Waals surface area contributed by atoms with E-state index in [-0.39, 0.29) is 0 Å². The maximum Gasteiger partial charge on any atom is 0.222 e. The van der Waals surface area contributed by atoms with Crippen LogP contribution in [0.1, 0.15) is 5.69 Å². The molecule has 2 aromatic heterocycles. The van der Waals surface area contributed by atoms with Crippen molar-refractivity contribution < 1.29 is 4.52 Å². The largest absolute Gasteiger partial charge is 0.368 e. The van der Waals surface area contributed by atoms with Gasteiger partial charge in [0.1, 0.15) is 12.7 Å². The maximum absolute atomic E-state index is 5.36. The van der Waals surface area contributed by atoms with Crippen LogP contribution in [0, 0.1) is 0 Å². The normalized spacial score (nSPS) is 10.5. The minimum atomic E-state index is 0.341. The van der Waals surface area contributed by atoms with E-state index in [1.807, 2.05) is 0 Å². The van der Waals surface area contributed by atoms with Gasteiger partial charge in [-0.2, -0.15) is 5.10 Å². The summed E-state index contributed by atoms with van der Waals surface area (Å²) in [4.78, 5) is 3.82. The van der Waals surface area contributed by atoms with Gasteiger partial charge in [-0.1, -0.05) is 5.16 Å². The second-order valence-corrected chi connectivity index (χ2v) is 2.63. The molecule has 0 saturated carbocycles. The standard InChI is InChI=1S/C7H9N5O/c8-7-3-6(11-13-7)1-2-12-5-9-4-10-12/h3-5H,1-2,8H2. The van der Waals surface area contributed by atoms with E-state index in [0.717, 1.165) is 18.7 Å². The molecule has 0 aliphatic rings. The van der Waals surface area contributed by atoms with Crippen molar-refractivity contribution in [2.45, 2.75) is 13.0 Å². The predicted molar refractivity (Wildman–Crippen MR) is 44.6 cm³/mol. The highest BCUT2D eigenvalue weighted by Crippen LogP contribution is 2.05. The van der Waals surface area contributed by atoms with Crippen LogP contribution in [0.25, 0.3) is 0 Å². The Labute approximate surface area is 74.4 Å². The molecular weight excluding hydrogens is 170 g/mol. The van der Waals surface area contributed by atoms with Gasteiger partial charge < -0.3 is 10.3 Å². The van der Waals surface area contributed by atoms with Crippen molar-refractivity contribution in [2.24, 2.45) is 0 Å². The number of aromatic nitrogens is 4. The lowest BCUT2D eigenvalue weighted by Crippen LogP contribution is -2.01. The van der Waals surface area contributed by atoms with Crippen LogP contribution in [0.2, 0.25) is 0 Å². The third-order valence-corrected chi connectivity index (χ3v) is 1.64. The molecule has 0 fully saturated rings. The first kappa shape index (κ1) is 7.78. The third kappa shape index (κ3) is 1.84. The minimum Gasteiger partial charge on any atom is -0.368 e. The lowest BCUT2D eigenvalue weighted by molar-refractivity contribution is 0.424. The third-order valence-electron chi connectivity index (χ3n) is 1.64. The number of hydrogen-bond acceptors (Lipinski definition) is 5. The van der Waals surface area contributed by atoms with Crippen LogP contribution >= 0.6 is 0 Å². The van der Waals surface area contributed by atoms with E-state index >= 15 is 0 Å². The topological polar surface area (TPSA) is 82.8 Å². The Bertz CT molecular complexity index is 366. The van der Waals surface area contributed by atoms with E-state index < -0.39 is 0 Å². The average molecular weight is 179 g/mol. The number of nitrogens with zero attached hydrogens (tertiary/aromatic N) is 4. The Balaban J connectivity index is 1.93. The van der Waals surface area contributed by atoms with Crippen LogP contribution in [0.3, 0.4) is 0 Å². The van der Waals surface area contributed by atoms with Crippen LogP contribution < -0.4 is 5.73 Å². The number of nitrogen functional groups attached to an aromatic ring is 1. The van der Waals surface area contributed by atoms with Crippen LogP contribution in [0.4, 0.5) is 5.88 Å². The van der Waals surface area contributed by atoms with E-state index in [2.05, 4.69) is 15.2 Å². The number of hydrogen-bond donors (Lipinski definition) is 1. The van der Waals surface area contributed by atoms with E-state index in [1.54, 1.807) is 17.1 Å². The van der Waals surface area contributed by atoms with Crippen molar-refractivity contribution in [1.29, 1.82) is 0 Å². The molecule has 2 N–H and O–H groups in total. The highest BCUT2D eigenvalue weighted by atomic mass is 16.5. The molecule has 0 spiro atoms. The van der Waals surface area contributed by atoms with Crippen molar-refractivity contribution in [1.82, 2.24) is 19.9 Å². The van der Waals surface area contributed by atoms with E-state index in [1.165, 1.54) is 6.33 Å². The van der Waals surface area contributed by atoms with Gasteiger partial charge in [0.2, 0.25) is 5.88 Å². The monoisotopic (exact) mass is 179 g/mol. The zero-order chi connectivity index (χ0) is 9.10. The molecule has 13 heavy (non-hydrogen) atoms. The van der Waals surface area contributed by atoms with Crippen LogP contribution in [0.5, 0.6) is 0 Å². The van der Waals surface area contributed by atoms with Crippen LogP contribution in [-0.2, 0) is 13.0 Å². The fourth-order valence-electron chi connectivity index (χ4n) is 1.02. The predicted octanol–water partition coefficient (Wildman–Crippen LogP) is 0.0910. The molecular formula is C7H9N5O. The lowest BCUT2D eigenvalue weighted by atomic mass is 10.3. The van der Waals surface area contributed by atoms with E-state index in [0.29, 0.717) is 5.88 Å². The van der Waals surface area contributed by atoms with Gasteiger partial charge in [0.05, 0.1) is 5.69 Å². The van der Waals surface area contributed by atoms with Gasteiger partial charge in [0, 0.05) is 19.0 Å². The van der Waals surface area contributed by atoms with Crippen molar-refractivity contribution in [3.8, 4) is 0 Å². The molecule has 0 amide bonds. The summed E-state index contributed by atoms with van der Waals surface area (Å²) in [6.45, 7) is 0.728. The SMILES string of the molecule is Nc1cc(CCn2cncn2)no1. The second kappa shape index (κ2) is 3.26. The highest BCUT2D eigenvalue weighted by Gasteiger charge is 2.00. The fraction of sp³-hybridized carbons (Fsp3) is 0.286. The van der Waals surface area contributed by atoms with Crippen molar-refractivity contribution >= 4 is 5.88 Å². The quantitative estimate of drug-likeness (QED) is 0.722. The molecule has 0 aliphatic heterocycles. The average Bonchev–Trinajstić information content (AvgIpc) is 2.71. The molecule has 0 atom stereocenters. The van der Waals surface area contributed by atoms with Gasteiger partial charge >= 0.3 is 0 Å². The van der Waals surface area contributed by atoms with Crippen molar-refractivity contribution in [3.63, 3.8) is 0 Å². The van der Waals surface area contributed by atoms with E-state index in [4.69, 9.17) is 10.3 Å². The van der Waals surface area contributed by atoms with Gasteiger partial charge in [-0.3, -0.25) is 4.68 Å². The van der Waals surface area contributed by atoms with Gasteiger partial charge in [0.15, 0.2) is 0 Å². The highest BCUT2D eigenvalue weighted by molar-refractivity contribution is 5.24. The molecule has 68 valence electrons. The molecule has 6 nitrogen and oxygen atoms in total. The first-order valence-electron chi connectivity index (χ1n) is 3.88. The number of nitrogens with two attached hydrogens (primary N) is 1. The minimum absolute atomic E-state index is 0.341. The molecule has 2 rings (SSSR count).